The number of rotatable bonds is 6. The largest absolute Gasteiger partial charge is 0.481 e. The van der Waals surface area contributed by atoms with Gasteiger partial charge in [-0.25, -0.2) is 9.78 Å². The highest BCUT2D eigenvalue weighted by molar-refractivity contribution is 5.84. The molecular weight excluding hydrogens is 368 g/mol. The third-order valence-corrected chi connectivity index (χ3v) is 5.03. The topological polar surface area (TPSA) is 88.5 Å². The molecule has 0 aliphatic heterocycles. The molecule has 0 atom stereocenters. The van der Waals surface area contributed by atoms with Gasteiger partial charge in [-0.2, -0.15) is 0 Å². The molecule has 1 heterocycles. The monoisotopic (exact) mass is 388 g/mol. The quantitative estimate of drug-likeness (QED) is 0.651. The molecule has 0 radical (unpaired) electrons. The number of carboxylic acids is 1. The summed E-state index contributed by atoms with van der Waals surface area (Å²) in [7, 11) is 0. The minimum absolute atomic E-state index is 0.0111. The molecule has 0 unspecified atom stereocenters. The first-order chi connectivity index (χ1) is 14.1. The Bertz CT molecular complexity index is 1020. The Hall–Kier alpha value is -3.67. The summed E-state index contributed by atoms with van der Waals surface area (Å²) in [6, 6.07) is 19.7. The molecule has 0 spiro atoms. The molecule has 4 rings (SSSR count). The maximum atomic E-state index is 12.3. The van der Waals surface area contributed by atoms with Crippen LogP contribution in [0.1, 0.15) is 29.0 Å². The van der Waals surface area contributed by atoms with Gasteiger partial charge in [-0.3, -0.25) is 10.1 Å². The van der Waals surface area contributed by atoms with Crippen LogP contribution in [-0.4, -0.2) is 28.8 Å². The van der Waals surface area contributed by atoms with Gasteiger partial charge in [0.1, 0.15) is 12.4 Å². The van der Waals surface area contributed by atoms with E-state index in [0.717, 1.165) is 16.7 Å². The summed E-state index contributed by atoms with van der Waals surface area (Å²) in [5.74, 6) is -0.541. The van der Waals surface area contributed by atoms with Crippen LogP contribution in [0.2, 0.25) is 0 Å². The predicted molar refractivity (Wildman–Crippen MR) is 109 cm³/mol. The molecule has 0 saturated heterocycles. The molecule has 3 aromatic rings. The Morgan fingerprint density at radius 2 is 1.66 bits per heavy atom. The number of nitrogens with zero attached hydrogens (tertiary/aromatic N) is 1. The van der Waals surface area contributed by atoms with Crippen molar-refractivity contribution in [1.29, 1.82) is 0 Å². The van der Waals surface area contributed by atoms with E-state index in [1.807, 2.05) is 24.3 Å². The zero-order valence-corrected chi connectivity index (χ0v) is 15.7. The number of benzene rings is 2. The number of carbonyl (C=O) groups excluding carboxylic acids is 1. The van der Waals surface area contributed by atoms with Gasteiger partial charge in [-0.15, -0.1) is 0 Å². The third-order valence-electron chi connectivity index (χ3n) is 5.03. The summed E-state index contributed by atoms with van der Waals surface area (Å²) in [4.78, 5) is 27.1. The summed E-state index contributed by atoms with van der Waals surface area (Å²) in [6.07, 6.45) is 1.34. The van der Waals surface area contributed by atoms with Crippen molar-refractivity contribution in [1.82, 2.24) is 4.98 Å². The van der Waals surface area contributed by atoms with E-state index in [2.05, 4.69) is 34.6 Å². The maximum Gasteiger partial charge on any atom is 0.412 e. The molecule has 29 heavy (non-hydrogen) atoms. The van der Waals surface area contributed by atoms with E-state index >= 15 is 0 Å². The van der Waals surface area contributed by atoms with Crippen LogP contribution in [0.3, 0.4) is 0 Å². The molecule has 1 aliphatic rings. The van der Waals surface area contributed by atoms with Crippen LogP contribution in [0, 0.1) is 0 Å². The van der Waals surface area contributed by atoms with E-state index in [-0.39, 0.29) is 18.9 Å². The van der Waals surface area contributed by atoms with Crippen LogP contribution in [0.15, 0.2) is 66.9 Å². The van der Waals surface area contributed by atoms with Gasteiger partial charge >= 0.3 is 12.1 Å². The molecule has 0 bridgehead atoms. The second kappa shape index (κ2) is 8.14. The van der Waals surface area contributed by atoms with E-state index in [0.29, 0.717) is 12.2 Å². The Kier molecular flexibility index (Phi) is 5.24. The number of carbonyl (C=O) groups is 2. The van der Waals surface area contributed by atoms with Crippen LogP contribution in [0.25, 0.3) is 11.1 Å². The average molecular weight is 388 g/mol. The summed E-state index contributed by atoms with van der Waals surface area (Å²) in [5.41, 5.74) is 5.43. The molecular formula is C23H20N2O4. The number of anilines is 1. The van der Waals surface area contributed by atoms with E-state index in [4.69, 9.17) is 9.84 Å². The number of nitrogens with one attached hydrogen (secondary N) is 1. The van der Waals surface area contributed by atoms with E-state index in [1.54, 1.807) is 12.1 Å². The molecule has 1 aliphatic carbocycles. The summed E-state index contributed by atoms with van der Waals surface area (Å²) >= 11 is 0. The molecule has 2 aromatic carbocycles. The normalized spacial score (nSPS) is 12.1. The summed E-state index contributed by atoms with van der Waals surface area (Å²) in [6.45, 7) is 0.221. The molecule has 1 aromatic heterocycles. The van der Waals surface area contributed by atoms with Crippen LogP contribution in [-0.2, 0) is 16.0 Å². The van der Waals surface area contributed by atoms with Crippen LogP contribution in [0.5, 0.6) is 0 Å². The fraction of sp³-hybridized carbons (Fsp3) is 0.174. The molecule has 0 saturated carbocycles. The zero-order chi connectivity index (χ0) is 20.2. The van der Waals surface area contributed by atoms with Crippen LogP contribution in [0.4, 0.5) is 10.6 Å². The van der Waals surface area contributed by atoms with Gasteiger partial charge in [0.05, 0.1) is 0 Å². The number of fused-ring (bicyclic) bond motifs is 3. The highest BCUT2D eigenvalue weighted by atomic mass is 16.5. The lowest BCUT2D eigenvalue weighted by Crippen LogP contribution is -2.18. The first kappa shape index (κ1) is 18.7. The minimum Gasteiger partial charge on any atom is -0.481 e. The second-order valence-corrected chi connectivity index (χ2v) is 6.89. The maximum absolute atomic E-state index is 12.3. The zero-order valence-electron chi connectivity index (χ0n) is 15.7. The van der Waals surface area contributed by atoms with Crippen LogP contribution < -0.4 is 5.32 Å². The van der Waals surface area contributed by atoms with Gasteiger partial charge in [-0.05, 0) is 46.4 Å². The number of pyridine rings is 1. The molecule has 146 valence electrons. The number of aromatic nitrogens is 1. The highest BCUT2D eigenvalue weighted by Crippen LogP contribution is 2.44. The highest BCUT2D eigenvalue weighted by Gasteiger charge is 2.29. The number of carboxylic acid groups (broad SMARTS) is 1. The number of aliphatic carboxylic acids is 1. The Morgan fingerprint density at radius 1 is 1.00 bits per heavy atom. The molecule has 2 N–H and O–H groups in total. The predicted octanol–water partition coefficient (Wildman–Crippen LogP) is 4.46. The van der Waals surface area contributed by atoms with Crippen molar-refractivity contribution in [3.05, 3.63) is 83.6 Å². The fourth-order valence-corrected chi connectivity index (χ4v) is 3.69. The Balaban J connectivity index is 1.42. The molecule has 1 amide bonds. The van der Waals surface area contributed by atoms with Crippen molar-refractivity contribution in [2.45, 2.75) is 18.8 Å². The lowest BCUT2D eigenvalue weighted by Gasteiger charge is -2.14. The third kappa shape index (κ3) is 4.11. The first-order valence-corrected chi connectivity index (χ1v) is 9.40. The van der Waals surface area contributed by atoms with Crippen LogP contribution >= 0.6 is 0 Å². The Labute approximate surface area is 168 Å². The van der Waals surface area contributed by atoms with Crippen molar-refractivity contribution in [3.8, 4) is 11.1 Å². The minimum atomic E-state index is -0.868. The first-order valence-electron chi connectivity index (χ1n) is 9.40. The van der Waals surface area contributed by atoms with E-state index in [1.165, 1.54) is 17.3 Å². The lowest BCUT2D eigenvalue weighted by atomic mass is 9.98. The van der Waals surface area contributed by atoms with Gasteiger partial charge < -0.3 is 9.84 Å². The molecule has 6 heteroatoms. The van der Waals surface area contributed by atoms with Gasteiger partial charge in [-0.1, -0.05) is 48.5 Å². The van der Waals surface area contributed by atoms with Gasteiger partial charge in [0.15, 0.2) is 0 Å². The van der Waals surface area contributed by atoms with Crippen molar-refractivity contribution < 1.29 is 19.4 Å². The number of hydrogen-bond donors (Lipinski definition) is 2. The summed E-state index contributed by atoms with van der Waals surface area (Å²) in [5, 5.41) is 11.4. The van der Waals surface area contributed by atoms with Gasteiger partial charge in [0, 0.05) is 18.5 Å². The molecule has 6 nitrogen and oxygen atoms in total. The Morgan fingerprint density at radius 3 is 2.31 bits per heavy atom. The summed E-state index contributed by atoms with van der Waals surface area (Å²) < 4.78 is 5.50. The number of ether oxygens (including phenoxy) is 1. The average Bonchev–Trinajstić information content (AvgIpc) is 3.05. The van der Waals surface area contributed by atoms with Gasteiger partial charge in [0.25, 0.3) is 0 Å². The lowest BCUT2D eigenvalue weighted by molar-refractivity contribution is -0.136. The van der Waals surface area contributed by atoms with Crippen molar-refractivity contribution in [2.75, 3.05) is 11.9 Å². The number of hydrogen-bond acceptors (Lipinski definition) is 4. The van der Waals surface area contributed by atoms with Crippen molar-refractivity contribution in [2.24, 2.45) is 0 Å². The van der Waals surface area contributed by atoms with Crippen molar-refractivity contribution in [3.63, 3.8) is 0 Å². The van der Waals surface area contributed by atoms with Gasteiger partial charge in [0.2, 0.25) is 0 Å². The fourth-order valence-electron chi connectivity index (χ4n) is 3.69. The number of amides is 1. The SMILES string of the molecule is O=C(O)CCc1ccnc(NC(=O)OCC2c3ccccc3-c3ccccc32)c1. The smallest absolute Gasteiger partial charge is 0.412 e. The number of aryl methyl sites for hydroxylation is 1. The molecule has 0 fully saturated rings. The second-order valence-electron chi connectivity index (χ2n) is 6.89. The van der Waals surface area contributed by atoms with Crippen molar-refractivity contribution >= 4 is 17.9 Å². The van der Waals surface area contributed by atoms with E-state index < -0.39 is 12.1 Å². The standard InChI is InChI=1S/C23H20N2O4/c26-22(27)10-9-15-11-12-24-21(13-15)25-23(28)29-14-20-18-7-3-1-5-16(18)17-6-2-4-8-19(17)20/h1-8,11-13,20H,9-10,14H2,(H,26,27)(H,24,25,28). The van der Waals surface area contributed by atoms with E-state index in [9.17, 15) is 9.59 Å².